The second-order valence-corrected chi connectivity index (χ2v) is 7.91. The van der Waals surface area contributed by atoms with E-state index in [2.05, 4.69) is 15.4 Å². The molecule has 1 aliphatic heterocycles. The van der Waals surface area contributed by atoms with Crippen LogP contribution in [0, 0.1) is 12.8 Å². The molecule has 4 rings (SSSR count). The molecule has 0 radical (unpaired) electrons. The van der Waals surface area contributed by atoms with Gasteiger partial charge in [0.25, 0.3) is 5.91 Å². The van der Waals surface area contributed by atoms with Crippen LogP contribution in [0.25, 0.3) is 22.3 Å². The molecule has 1 saturated heterocycles. The summed E-state index contributed by atoms with van der Waals surface area (Å²) in [5, 5.41) is 6.92. The molecule has 3 heterocycles. The van der Waals surface area contributed by atoms with Crippen molar-refractivity contribution >= 4 is 16.9 Å². The van der Waals surface area contributed by atoms with Crippen LogP contribution in [0.3, 0.4) is 0 Å². The molecule has 1 N–H and O–H groups in total. The van der Waals surface area contributed by atoms with Crippen molar-refractivity contribution in [1.82, 2.24) is 20.1 Å². The molecule has 12 heteroatoms. The third-order valence-corrected chi connectivity index (χ3v) is 5.53. The van der Waals surface area contributed by atoms with Gasteiger partial charge in [-0.25, -0.2) is 4.98 Å². The molecule has 1 atom stereocenters. The quantitative estimate of drug-likeness (QED) is 0.309. The predicted molar refractivity (Wildman–Crippen MR) is 111 cm³/mol. The lowest BCUT2D eigenvalue weighted by molar-refractivity contribution is -0.145. The van der Waals surface area contributed by atoms with E-state index in [1.807, 2.05) is 0 Å². The van der Waals surface area contributed by atoms with E-state index in [0.717, 1.165) is 12.1 Å². The Kier molecular flexibility index (Phi) is 6.19. The fraction of sp³-hybridized carbons (Fsp3) is 0.409. The second-order valence-electron chi connectivity index (χ2n) is 7.91. The summed E-state index contributed by atoms with van der Waals surface area (Å²) >= 11 is 0. The highest BCUT2D eigenvalue weighted by Crippen LogP contribution is 2.39. The Bertz CT molecular complexity index is 1230. The average Bonchev–Trinajstić information content (AvgIpc) is 3.27. The summed E-state index contributed by atoms with van der Waals surface area (Å²) in [6.45, 7) is 2.92. The molecule has 1 aromatic carbocycles. The summed E-state index contributed by atoms with van der Waals surface area (Å²) in [5.41, 5.74) is 0.266. The first-order valence-electron chi connectivity index (χ1n) is 10.4. The van der Waals surface area contributed by atoms with Gasteiger partial charge < -0.3 is 14.8 Å². The number of nitrogens with zero attached hydrogens (tertiary/aromatic N) is 3. The van der Waals surface area contributed by atoms with Crippen molar-refractivity contribution in [2.24, 2.45) is 5.92 Å². The van der Waals surface area contributed by atoms with E-state index in [0.29, 0.717) is 23.3 Å². The third-order valence-electron chi connectivity index (χ3n) is 5.53. The normalized spacial score (nSPS) is 17.9. The van der Waals surface area contributed by atoms with Crippen molar-refractivity contribution in [1.29, 1.82) is 0 Å². The number of fused-ring (bicyclic) bond motifs is 1. The Labute approximate surface area is 190 Å². The highest BCUT2D eigenvalue weighted by Gasteiger charge is 2.52. The van der Waals surface area contributed by atoms with Crippen LogP contribution >= 0.6 is 0 Å². The van der Waals surface area contributed by atoms with Gasteiger partial charge >= 0.3 is 12.1 Å². The molecule has 1 unspecified atom stereocenters. The van der Waals surface area contributed by atoms with Crippen LogP contribution in [0.15, 0.2) is 30.5 Å². The van der Waals surface area contributed by atoms with Crippen LogP contribution in [0.1, 0.15) is 18.1 Å². The molecule has 0 spiro atoms. The highest BCUT2D eigenvalue weighted by molar-refractivity contribution is 5.86. The van der Waals surface area contributed by atoms with Gasteiger partial charge in [-0.2, -0.15) is 27.1 Å². The summed E-state index contributed by atoms with van der Waals surface area (Å²) in [5.74, 6) is -6.13. The van der Waals surface area contributed by atoms with Crippen LogP contribution in [0.2, 0.25) is 0 Å². The maximum atomic E-state index is 14.0. The molecule has 0 aliphatic carbocycles. The molecule has 7 nitrogen and oxygen atoms in total. The number of aryl methyl sites for hydroxylation is 1. The smallest absolute Gasteiger partial charge is 0.416 e. The van der Waals surface area contributed by atoms with Gasteiger partial charge in [-0.1, -0.05) is 0 Å². The number of ether oxygens (including phenoxy) is 2. The van der Waals surface area contributed by atoms with Gasteiger partial charge in [-0.15, -0.1) is 0 Å². The Morgan fingerprint density at radius 2 is 2.03 bits per heavy atom. The largest absolute Gasteiger partial charge is 0.467 e. The number of hydrogen-bond acceptors (Lipinski definition) is 5. The lowest BCUT2D eigenvalue weighted by atomic mass is 10.00. The van der Waals surface area contributed by atoms with Gasteiger partial charge in [-0.3, -0.25) is 9.48 Å². The van der Waals surface area contributed by atoms with Crippen molar-refractivity contribution in [3.63, 3.8) is 0 Å². The summed E-state index contributed by atoms with van der Waals surface area (Å²) in [7, 11) is 0. The predicted octanol–water partition coefficient (Wildman–Crippen LogP) is 4.18. The number of amides is 1. The lowest BCUT2D eigenvalue weighted by Crippen LogP contribution is -2.34. The van der Waals surface area contributed by atoms with Gasteiger partial charge in [0, 0.05) is 30.3 Å². The molecule has 1 aliphatic rings. The number of pyridine rings is 1. The minimum Gasteiger partial charge on any atom is -0.467 e. The topological polar surface area (TPSA) is 78.3 Å². The van der Waals surface area contributed by atoms with Crippen LogP contribution in [-0.4, -0.2) is 46.5 Å². The third kappa shape index (κ3) is 4.54. The van der Waals surface area contributed by atoms with Gasteiger partial charge in [0.05, 0.1) is 23.7 Å². The van der Waals surface area contributed by atoms with Gasteiger partial charge in [0.15, 0.2) is 12.4 Å². The van der Waals surface area contributed by atoms with Crippen molar-refractivity contribution in [2.45, 2.75) is 32.5 Å². The van der Waals surface area contributed by atoms with E-state index in [9.17, 15) is 26.7 Å². The van der Waals surface area contributed by atoms with E-state index < -0.39 is 29.5 Å². The number of carbonyl (C=O) groups is 1. The van der Waals surface area contributed by atoms with E-state index in [4.69, 9.17) is 9.47 Å². The number of alkyl halides is 5. The Morgan fingerprint density at radius 1 is 1.26 bits per heavy atom. The number of rotatable bonds is 7. The summed E-state index contributed by atoms with van der Waals surface area (Å²) in [4.78, 5) is 15.7. The molecule has 34 heavy (non-hydrogen) atoms. The van der Waals surface area contributed by atoms with Crippen LogP contribution in [-0.2, 0) is 22.3 Å². The molecule has 182 valence electrons. The van der Waals surface area contributed by atoms with Gasteiger partial charge in [-0.05, 0) is 43.7 Å². The fourth-order valence-electron chi connectivity index (χ4n) is 3.79. The monoisotopic (exact) mass is 484 g/mol. The Balaban J connectivity index is 1.69. The lowest BCUT2D eigenvalue weighted by Gasteiger charge is -2.17. The minimum absolute atomic E-state index is 0.0535. The number of nitrogens with one attached hydrogen (secondary N) is 1. The number of hydrogen-bond donors (Lipinski definition) is 1. The zero-order valence-electron chi connectivity index (χ0n) is 18.2. The van der Waals surface area contributed by atoms with Crippen molar-refractivity contribution in [2.75, 3.05) is 19.9 Å². The molecular formula is C22H21F5N4O3. The molecular weight excluding hydrogens is 463 g/mol. The number of carbonyl (C=O) groups excluding carboxylic acids is 1. The Morgan fingerprint density at radius 3 is 2.68 bits per heavy atom. The molecule has 0 saturated carbocycles. The van der Waals surface area contributed by atoms with Crippen molar-refractivity contribution in [3.05, 3.63) is 41.6 Å². The van der Waals surface area contributed by atoms with E-state index >= 15 is 0 Å². The Hall–Kier alpha value is -3.28. The SMILES string of the molecule is CCOCOc1cc(C(F)(F)F)cc(C)c1-c1ccc2cn(CC3CNC(=O)C3(F)F)nc2n1. The number of benzene rings is 1. The second kappa shape index (κ2) is 8.82. The van der Waals surface area contributed by atoms with Crippen LogP contribution < -0.4 is 10.1 Å². The summed E-state index contributed by atoms with van der Waals surface area (Å²) in [6, 6.07) is 5.12. The van der Waals surface area contributed by atoms with Gasteiger partial charge in [0.1, 0.15) is 5.75 Å². The van der Waals surface area contributed by atoms with Gasteiger partial charge in [0.2, 0.25) is 0 Å². The summed E-state index contributed by atoms with van der Waals surface area (Å²) < 4.78 is 79.9. The number of aromatic nitrogens is 3. The van der Waals surface area contributed by atoms with Crippen molar-refractivity contribution in [3.8, 4) is 17.0 Å². The fourth-order valence-corrected chi connectivity index (χ4v) is 3.79. The van der Waals surface area contributed by atoms with E-state index in [1.54, 1.807) is 19.1 Å². The number of halogens is 5. The van der Waals surface area contributed by atoms with Crippen LogP contribution in [0.5, 0.6) is 5.75 Å². The zero-order valence-corrected chi connectivity index (χ0v) is 18.2. The van der Waals surface area contributed by atoms with Crippen molar-refractivity contribution < 1.29 is 36.2 Å². The molecule has 1 amide bonds. The molecule has 3 aromatic rings. The summed E-state index contributed by atoms with van der Waals surface area (Å²) in [6.07, 6.45) is -3.04. The van der Waals surface area contributed by atoms with E-state index in [1.165, 1.54) is 17.8 Å². The highest BCUT2D eigenvalue weighted by atomic mass is 19.4. The van der Waals surface area contributed by atoms with E-state index in [-0.39, 0.29) is 36.8 Å². The zero-order chi connectivity index (χ0) is 24.7. The first-order chi connectivity index (χ1) is 16.0. The molecule has 0 bridgehead atoms. The standard InChI is InChI=1S/C22H21F5N4O3/c1-3-33-11-34-17-7-14(22(25,26)27)6-12(2)18(17)16-5-4-13-9-31(30-19(13)29-16)10-15-8-28-20(32)21(15,23)24/h4-7,9,15H,3,8,10-11H2,1-2H3,(H,28,32). The average molecular weight is 484 g/mol. The maximum Gasteiger partial charge on any atom is 0.416 e. The maximum absolute atomic E-state index is 14.0. The first-order valence-corrected chi connectivity index (χ1v) is 10.4. The molecule has 1 fully saturated rings. The molecule has 2 aromatic heterocycles. The van der Waals surface area contributed by atoms with Crippen LogP contribution in [0.4, 0.5) is 22.0 Å². The first kappa shape index (κ1) is 23.9. The minimum atomic E-state index is -4.57.